The Bertz CT molecular complexity index is 912. The van der Waals surface area contributed by atoms with E-state index < -0.39 is 0 Å². The summed E-state index contributed by atoms with van der Waals surface area (Å²) in [5.74, 6) is 0.646. The molecule has 30 heavy (non-hydrogen) atoms. The third-order valence-electron chi connectivity index (χ3n) is 6.80. The smallest absolute Gasteiger partial charge is 0.225 e. The van der Waals surface area contributed by atoms with Gasteiger partial charge in [-0.1, -0.05) is 73.9 Å². The zero-order chi connectivity index (χ0) is 20.3. The van der Waals surface area contributed by atoms with Gasteiger partial charge in [0.2, 0.25) is 5.91 Å². The Balaban J connectivity index is 1.29. The molecular formula is C25H30N4O. The maximum atomic E-state index is 12.9. The minimum Gasteiger partial charge on any atom is -0.340 e. The van der Waals surface area contributed by atoms with E-state index in [1.54, 1.807) is 0 Å². The predicted molar refractivity (Wildman–Crippen MR) is 119 cm³/mol. The lowest BCUT2D eigenvalue weighted by atomic mass is 9.88. The molecule has 1 unspecified atom stereocenters. The number of rotatable bonds is 3. The van der Waals surface area contributed by atoms with Gasteiger partial charge in [0.25, 0.3) is 0 Å². The van der Waals surface area contributed by atoms with Crippen LogP contribution >= 0.6 is 0 Å². The Morgan fingerprint density at radius 1 is 0.867 bits per heavy atom. The summed E-state index contributed by atoms with van der Waals surface area (Å²) in [5.41, 5.74) is 7.98. The van der Waals surface area contributed by atoms with Crippen molar-refractivity contribution in [3.05, 3.63) is 71.3 Å². The molecular weight excluding hydrogens is 372 g/mol. The Morgan fingerprint density at radius 2 is 1.57 bits per heavy atom. The third-order valence-corrected chi connectivity index (χ3v) is 6.80. The molecule has 0 radical (unpaired) electrons. The van der Waals surface area contributed by atoms with Crippen LogP contribution in [0.4, 0.5) is 0 Å². The van der Waals surface area contributed by atoms with Crippen molar-refractivity contribution < 1.29 is 4.79 Å². The molecule has 2 aromatic rings. The van der Waals surface area contributed by atoms with Crippen molar-refractivity contribution in [2.45, 2.75) is 38.3 Å². The number of nitrogens with zero attached hydrogens (tertiary/aromatic N) is 3. The van der Waals surface area contributed by atoms with Gasteiger partial charge in [-0.3, -0.25) is 15.1 Å². The van der Waals surface area contributed by atoms with Crippen molar-refractivity contribution in [3.63, 3.8) is 0 Å². The van der Waals surface area contributed by atoms with Crippen LogP contribution in [-0.4, -0.2) is 47.6 Å². The average Bonchev–Trinajstić information content (AvgIpc) is 2.84. The zero-order valence-electron chi connectivity index (χ0n) is 17.5. The molecule has 2 heterocycles. The van der Waals surface area contributed by atoms with E-state index >= 15 is 0 Å². The first kappa shape index (κ1) is 19.3. The summed E-state index contributed by atoms with van der Waals surface area (Å²) >= 11 is 0. The molecule has 2 fully saturated rings. The first-order valence-corrected chi connectivity index (χ1v) is 11.3. The van der Waals surface area contributed by atoms with Crippen molar-refractivity contribution in [1.29, 1.82) is 0 Å². The van der Waals surface area contributed by atoms with E-state index in [0.29, 0.717) is 5.91 Å². The van der Waals surface area contributed by atoms with Gasteiger partial charge < -0.3 is 4.90 Å². The number of amides is 1. The molecule has 3 aliphatic rings. The number of hydrogen-bond donors (Lipinski definition) is 1. The Labute approximate surface area is 178 Å². The number of piperazine rings is 1. The number of hydrogen-bond acceptors (Lipinski definition) is 4. The maximum absolute atomic E-state index is 12.9. The van der Waals surface area contributed by atoms with E-state index in [-0.39, 0.29) is 12.1 Å². The van der Waals surface area contributed by atoms with Crippen LogP contribution in [0.1, 0.15) is 55.0 Å². The molecule has 1 aliphatic carbocycles. The second kappa shape index (κ2) is 8.60. The molecule has 5 nitrogen and oxygen atoms in total. The number of carbonyl (C=O) groups is 1. The van der Waals surface area contributed by atoms with Gasteiger partial charge in [-0.15, -0.1) is 0 Å². The van der Waals surface area contributed by atoms with E-state index in [4.69, 9.17) is 5.10 Å². The van der Waals surface area contributed by atoms with Gasteiger partial charge in [0, 0.05) is 43.2 Å². The van der Waals surface area contributed by atoms with Crippen molar-refractivity contribution in [2.24, 2.45) is 11.0 Å². The van der Waals surface area contributed by atoms with Crippen LogP contribution in [0.3, 0.4) is 0 Å². The van der Waals surface area contributed by atoms with Crippen molar-refractivity contribution in [1.82, 2.24) is 15.2 Å². The quantitative estimate of drug-likeness (QED) is 0.850. The van der Waals surface area contributed by atoms with Gasteiger partial charge in [0.15, 0.2) is 0 Å². The molecule has 2 aliphatic heterocycles. The van der Waals surface area contributed by atoms with E-state index in [1.807, 2.05) is 6.07 Å². The normalized spacial score (nSPS) is 22.7. The second-order valence-electron chi connectivity index (χ2n) is 8.64. The number of carbonyl (C=O) groups excluding carboxylic acids is 1. The number of hydrazone groups is 1. The summed E-state index contributed by atoms with van der Waals surface area (Å²) < 4.78 is 0. The van der Waals surface area contributed by atoms with Gasteiger partial charge in [-0.05, 0) is 18.4 Å². The summed E-state index contributed by atoms with van der Waals surface area (Å²) in [5, 5.41) is 4.77. The van der Waals surface area contributed by atoms with Crippen LogP contribution in [0.2, 0.25) is 0 Å². The van der Waals surface area contributed by atoms with Crippen molar-refractivity contribution in [3.8, 4) is 0 Å². The molecule has 1 saturated carbocycles. The van der Waals surface area contributed by atoms with Crippen LogP contribution in [0, 0.1) is 5.92 Å². The SMILES string of the molecule is O=C(C1CCCCC1)N1CCN(C2NN=C(c3ccccc3)c3ccccc32)CC1. The zero-order valence-corrected chi connectivity index (χ0v) is 17.5. The average molecular weight is 403 g/mol. The molecule has 1 N–H and O–H groups in total. The van der Waals surface area contributed by atoms with Gasteiger partial charge in [0.1, 0.15) is 6.17 Å². The second-order valence-corrected chi connectivity index (χ2v) is 8.64. The summed E-state index contributed by atoms with van der Waals surface area (Å²) in [6, 6.07) is 18.9. The Kier molecular flexibility index (Phi) is 5.54. The third kappa shape index (κ3) is 3.74. The minimum atomic E-state index is 0.0561. The molecule has 0 aromatic heterocycles. The summed E-state index contributed by atoms with van der Waals surface area (Å²) in [4.78, 5) is 17.4. The van der Waals surface area contributed by atoms with Crippen molar-refractivity contribution >= 4 is 11.6 Å². The van der Waals surface area contributed by atoms with E-state index in [9.17, 15) is 4.79 Å². The molecule has 0 spiro atoms. The van der Waals surface area contributed by atoms with Crippen LogP contribution in [0.15, 0.2) is 59.7 Å². The van der Waals surface area contributed by atoms with E-state index in [2.05, 4.69) is 63.8 Å². The lowest BCUT2D eigenvalue weighted by molar-refractivity contribution is -0.138. The summed E-state index contributed by atoms with van der Waals surface area (Å²) in [6.07, 6.45) is 5.92. The minimum absolute atomic E-state index is 0.0561. The molecule has 1 amide bonds. The molecule has 0 bridgehead atoms. The molecule has 156 valence electrons. The lowest BCUT2D eigenvalue weighted by Gasteiger charge is -2.42. The van der Waals surface area contributed by atoms with E-state index in [0.717, 1.165) is 50.3 Å². The topological polar surface area (TPSA) is 47.9 Å². The molecule has 2 aromatic carbocycles. The summed E-state index contributed by atoms with van der Waals surface area (Å²) in [7, 11) is 0. The van der Waals surface area contributed by atoms with Crippen molar-refractivity contribution in [2.75, 3.05) is 26.2 Å². The van der Waals surface area contributed by atoms with Gasteiger partial charge in [-0.25, -0.2) is 0 Å². The fourth-order valence-corrected chi connectivity index (χ4v) is 5.11. The molecule has 5 rings (SSSR count). The number of fused-ring (bicyclic) bond motifs is 1. The van der Waals surface area contributed by atoms with Crippen LogP contribution < -0.4 is 5.43 Å². The fourth-order valence-electron chi connectivity index (χ4n) is 5.11. The Hall–Kier alpha value is -2.66. The molecule has 1 atom stereocenters. The van der Waals surface area contributed by atoms with Crippen LogP contribution in [-0.2, 0) is 4.79 Å². The van der Waals surface area contributed by atoms with Gasteiger partial charge in [-0.2, -0.15) is 5.10 Å². The highest BCUT2D eigenvalue weighted by atomic mass is 16.2. The standard InChI is InChI=1S/C25H30N4O/c30-25(20-11-5-2-6-12-20)29-17-15-28(16-18-29)24-22-14-8-7-13-21(22)23(26-27-24)19-9-3-1-4-10-19/h1,3-4,7-10,13-14,20,24,27H,2,5-6,11-12,15-18H2. The first-order valence-electron chi connectivity index (χ1n) is 11.3. The Morgan fingerprint density at radius 3 is 2.33 bits per heavy atom. The van der Waals surface area contributed by atoms with Crippen LogP contribution in [0.5, 0.6) is 0 Å². The highest BCUT2D eigenvalue weighted by Gasteiger charge is 2.33. The molecule has 5 heteroatoms. The predicted octanol–water partition coefficient (Wildman–Crippen LogP) is 3.77. The first-order chi connectivity index (χ1) is 14.8. The monoisotopic (exact) mass is 402 g/mol. The highest BCUT2D eigenvalue weighted by molar-refractivity contribution is 6.14. The van der Waals surface area contributed by atoms with Crippen LogP contribution in [0.25, 0.3) is 0 Å². The fraction of sp³-hybridized carbons (Fsp3) is 0.440. The lowest BCUT2D eigenvalue weighted by Crippen LogP contribution is -2.53. The molecule has 1 saturated heterocycles. The summed E-state index contributed by atoms with van der Waals surface area (Å²) in [6.45, 7) is 3.37. The van der Waals surface area contributed by atoms with E-state index in [1.165, 1.54) is 30.4 Å². The van der Waals surface area contributed by atoms with Gasteiger partial charge >= 0.3 is 0 Å². The number of benzene rings is 2. The van der Waals surface area contributed by atoms with Gasteiger partial charge in [0.05, 0.1) is 5.71 Å². The highest BCUT2D eigenvalue weighted by Crippen LogP contribution is 2.30. The maximum Gasteiger partial charge on any atom is 0.225 e. The number of nitrogens with one attached hydrogen (secondary N) is 1. The largest absolute Gasteiger partial charge is 0.340 e.